The zero-order valence-corrected chi connectivity index (χ0v) is 9.15. The number of carboxylic acid groups (broad SMARTS) is 1. The molecule has 3 aliphatic rings. The first-order valence-electron chi connectivity index (χ1n) is 6.02. The molecule has 5 atom stereocenters. The number of fused-ring (bicyclic) bond motifs is 1. The smallest absolute Gasteiger partial charge is 0.307 e. The van der Waals surface area contributed by atoms with Crippen molar-refractivity contribution < 1.29 is 9.90 Å². The van der Waals surface area contributed by atoms with Crippen molar-refractivity contribution >= 4 is 5.97 Å². The second-order valence-electron chi connectivity index (χ2n) is 5.82. The fourth-order valence-electron chi connectivity index (χ4n) is 3.37. The minimum absolute atomic E-state index is 0.0783. The van der Waals surface area contributed by atoms with Gasteiger partial charge in [0.1, 0.15) is 0 Å². The van der Waals surface area contributed by atoms with E-state index in [0.717, 1.165) is 18.3 Å². The highest BCUT2D eigenvalue weighted by Crippen LogP contribution is 2.66. The lowest BCUT2D eigenvalue weighted by atomic mass is 9.91. The molecule has 15 heavy (non-hydrogen) atoms. The van der Waals surface area contributed by atoms with Gasteiger partial charge < -0.3 is 5.11 Å². The van der Waals surface area contributed by atoms with E-state index >= 15 is 0 Å². The van der Waals surface area contributed by atoms with E-state index < -0.39 is 5.97 Å². The average Bonchev–Trinajstić information content (AvgIpc) is 3.04. The molecule has 0 heterocycles. The minimum atomic E-state index is -0.619. The first-order valence-corrected chi connectivity index (χ1v) is 6.02. The summed E-state index contributed by atoms with van der Waals surface area (Å²) in [5.74, 6) is 1.35. The molecule has 3 aliphatic carbocycles. The van der Waals surface area contributed by atoms with Gasteiger partial charge in [-0.3, -0.25) is 4.79 Å². The van der Waals surface area contributed by atoms with Gasteiger partial charge >= 0.3 is 5.97 Å². The summed E-state index contributed by atoms with van der Waals surface area (Å²) in [6.45, 7) is 2.39. The second-order valence-corrected chi connectivity index (χ2v) is 5.82. The molecule has 2 nitrogen and oxygen atoms in total. The number of aliphatic carboxylic acids is 1. The van der Waals surface area contributed by atoms with Gasteiger partial charge in [-0.15, -0.1) is 0 Å². The topological polar surface area (TPSA) is 37.3 Å². The van der Waals surface area contributed by atoms with Crippen molar-refractivity contribution in [2.24, 2.45) is 29.1 Å². The van der Waals surface area contributed by atoms with Crippen LogP contribution >= 0.6 is 0 Å². The molecule has 3 saturated carbocycles. The molecule has 0 aromatic heterocycles. The molecule has 0 aromatic carbocycles. The van der Waals surface area contributed by atoms with Crippen LogP contribution in [-0.4, -0.2) is 11.1 Å². The van der Waals surface area contributed by atoms with Gasteiger partial charge in [-0.2, -0.15) is 0 Å². The van der Waals surface area contributed by atoms with Crippen molar-refractivity contribution in [1.29, 1.82) is 0 Å². The molecule has 0 bridgehead atoms. The maximum absolute atomic E-state index is 10.7. The summed E-state index contributed by atoms with van der Waals surface area (Å²) in [6, 6.07) is 0. The fraction of sp³-hybridized carbons (Fsp3) is 0.769. The Bertz CT molecular complexity index is 331. The van der Waals surface area contributed by atoms with Gasteiger partial charge in [0.2, 0.25) is 0 Å². The van der Waals surface area contributed by atoms with Gasteiger partial charge in [0.05, 0.1) is 5.92 Å². The first-order chi connectivity index (χ1) is 7.11. The Hall–Kier alpha value is -0.790. The first kappa shape index (κ1) is 9.44. The van der Waals surface area contributed by atoms with Gasteiger partial charge in [0.15, 0.2) is 0 Å². The largest absolute Gasteiger partial charge is 0.481 e. The highest BCUT2D eigenvalue weighted by molar-refractivity contribution is 5.73. The van der Waals surface area contributed by atoms with E-state index in [1.54, 1.807) is 0 Å². The Labute approximate surface area is 90.4 Å². The third kappa shape index (κ3) is 1.42. The third-order valence-corrected chi connectivity index (χ3v) is 4.88. The van der Waals surface area contributed by atoms with E-state index in [4.69, 9.17) is 5.11 Å². The molecule has 2 heteroatoms. The predicted molar refractivity (Wildman–Crippen MR) is 57.3 cm³/mol. The molecule has 0 radical (unpaired) electrons. The van der Waals surface area contributed by atoms with Crippen LogP contribution in [0.25, 0.3) is 0 Å². The average molecular weight is 206 g/mol. The summed E-state index contributed by atoms with van der Waals surface area (Å²) in [4.78, 5) is 10.7. The number of carbonyl (C=O) groups is 1. The predicted octanol–water partition coefficient (Wildman–Crippen LogP) is 2.70. The van der Waals surface area contributed by atoms with Crippen molar-refractivity contribution in [3.05, 3.63) is 12.2 Å². The molecule has 5 unspecified atom stereocenters. The lowest BCUT2D eigenvalue weighted by molar-refractivity contribution is -0.138. The molecule has 3 fully saturated rings. The van der Waals surface area contributed by atoms with Crippen LogP contribution in [0.5, 0.6) is 0 Å². The molecular formula is C13H18O2. The summed E-state index contributed by atoms with van der Waals surface area (Å²) in [6.07, 6.45) is 9.46. The van der Waals surface area contributed by atoms with Crippen molar-refractivity contribution in [2.75, 3.05) is 0 Å². The van der Waals surface area contributed by atoms with Crippen molar-refractivity contribution in [1.82, 2.24) is 0 Å². The Balaban J connectivity index is 1.58. The fourth-order valence-corrected chi connectivity index (χ4v) is 3.37. The Morgan fingerprint density at radius 2 is 2.20 bits per heavy atom. The number of hydrogen-bond donors (Lipinski definition) is 1. The van der Waals surface area contributed by atoms with Crippen molar-refractivity contribution in [2.45, 2.75) is 32.6 Å². The normalized spacial score (nSPS) is 51.8. The van der Waals surface area contributed by atoms with Crippen LogP contribution in [0, 0.1) is 29.1 Å². The van der Waals surface area contributed by atoms with E-state index in [0.29, 0.717) is 11.3 Å². The van der Waals surface area contributed by atoms with E-state index in [1.165, 1.54) is 19.3 Å². The standard InChI is InChI=1S/C13H18O2/c1-13-7-10(13)5-4-9(13)3-2-8-6-11(8)12(14)15/h2-3,8-11H,4-7H2,1H3,(H,14,15)/b3-2+. The second kappa shape index (κ2) is 2.87. The van der Waals surface area contributed by atoms with Crippen LogP contribution < -0.4 is 0 Å². The van der Waals surface area contributed by atoms with E-state index in [2.05, 4.69) is 19.1 Å². The van der Waals surface area contributed by atoms with Gasteiger partial charge in [-0.05, 0) is 48.9 Å². The Morgan fingerprint density at radius 3 is 2.67 bits per heavy atom. The molecule has 0 saturated heterocycles. The van der Waals surface area contributed by atoms with Gasteiger partial charge in [0.25, 0.3) is 0 Å². The SMILES string of the molecule is CC12CC1CCC2/C=C/C1CC1C(=O)O. The van der Waals surface area contributed by atoms with E-state index in [9.17, 15) is 4.79 Å². The molecule has 3 rings (SSSR count). The van der Waals surface area contributed by atoms with Gasteiger partial charge in [-0.25, -0.2) is 0 Å². The van der Waals surface area contributed by atoms with Crippen LogP contribution in [0.15, 0.2) is 12.2 Å². The monoisotopic (exact) mass is 206 g/mol. The van der Waals surface area contributed by atoms with Crippen molar-refractivity contribution in [3.8, 4) is 0 Å². The molecule has 0 aromatic rings. The van der Waals surface area contributed by atoms with Gasteiger partial charge in [-0.1, -0.05) is 19.1 Å². The maximum atomic E-state index is 10.7. The lowest BCUT2D eigenvalue weighted by Gasteiger charge is -2.13. The van der Waals surface area contributed by atoms with Crippen LogP contribution in [0.3, 0.4) is 0 Å². The summed E-state index contributed by atoms with van der Waals surface area (Å²) < 4.78 is 0. The molecule has 1 N–H and O–H groups in total. The van der Waals surface area contributed by atoms with Crippen molar-refractivity contribution in [3.63, 3.8) is 0 Å². The maximum Gasteiger partial charge on any atom is 0.307 e. The zero-order valence-electron chi connectivity index (χ0n) is 9.15. The highest BCUT2D eigenvalue weighted by atomic mass is 16.4. The number of hydrogen-bond acceptors (Lipinski definition) is 1. The lowest BCUT2D eigenvalue weighted by Crippen LogP contribution is -2.05. The summed E-state index contributed by atoms with van der Waals surface area (Å²) in [7, 11) is 0. The molecule has 82 valence electrons. The molecule has 0 aliphatic heterocycles. The Kier molecular flexibility index (Phi) is 1.80. The highest BCUT2D eigenvalue weighted by Gasteiger charge is 2.58. The molecular weight excluding hydrogens is 188 g/mol. The summed E-state index contributed by atoms with van der Waals surface area (Å²) in [5.41, 5.74) is 0.587. The summed E-state index contributed by atoms with van der Waals surface area (Å²) >= 11 is 0. The third-order valence-electron chi connectivity index (χ3n) is 4.88. The number of carboxylic acids is 1. The Morgan fingerprint density at radius 1 is 1.40 bits per heavy atom. The number of rotatable bonds is 3. The quantitative estimate of drug-likeness (QED) is 0.721. The van der Waals surface area contributed by atoms with Crippen LogP contribution in [0.2, 0.25) is 0 Å². The minimum Gasteiger partial charge on any atom is -0.481 e. The van der Waals surface area contributed by atoms with Gasteiger partial charge in [0, 0.05) is 0 Å². The molecule has 0 amide bonds. The van der Waals surface area contributed by atoms with Crippen LogP contribution in [0.1, 0.15) is 32.6 Å². The zero-order chi connectivity index (χ0) is 10.6. The number of allylic oxidation sites excluding steroid dienone is 2. The van der Waals surface area contributed by atoms with E-state index in [1.807, 2.05) is 0 Å². The van der Waals surface area contributed by atoms with E-state index in [-0.39, 0.29) is 5.92 Å². The summed E-state index contributed by atoms with van der Waals surface area (Å²) in [5, 5.41) is 8.79. The van der Waals surface area contributed by atoms with Crippen LogP contribution in [0.4, 0.5) is 0 Å². The van der Waals surface area contributed by atoms with Crippen LogP contribution in [-0.2, 0) is 4.79 Å². The molecule has 0 spiro atoms.